The first-order valence-electron chi connectivity index (χ1n) is 9.62. The molecular formula is C20H24N4O3S. The van der Waals surface area contributed by atoms with Crippen molar-refractivity contribution >= 4 is 23.2 Å². The SMILES string of the molecule is CC(C)NC(=O)c1cc2c(s1)CCOC21CCN(C(=O)c2cnccn2)CC1. The molecule has 4 rings (SSSR count). The third kappa shape index (κ3) is 3.54. The van der Waals surface area contributed by atoms with Crippen molar-refractivity contribution in [2.75, 3.05) is 19.7 Å². The Hall–Kier alpha value is -2.32. The van der Waals surface area contributed by atoms with Crippen molar-refractivity contribution in [2.45, 2.75) is 44.8 Å². The van der Waals surface area contributed by atoms with Crippen LogP contribution in [0.4, 0.5) is 0 Å². The third-order valence-electron chi connectivity index (χ3n) is 5.29. The van der Waals surface area contributed by atoms with E-state index in [0.29, 0.717) is 38.2 Å². The number of thiophene rings is 1. The second-order valence-corrected chi connectivity index (χ2v) is 8.69. The molecule has 2 aromatic heterocycles. The molecule has 2 aliphatic rings. The standard InChI is InChI=1S/C20H24N4O3S/c1-13(2)23-18(25)17-11-14-16(28-17)3-10-27-20(14)4-8-24(9-5-20)19(26)15-12-21-6-7-22-15/h6-7,11-13H,3-5,8-10H2,1-2H3,(H,23,25). The van der Waals surface area contributed by atoms with Gasteiger partial charge in [0.1, 0.15) is 5.69 Å². The second-order valence-electron chi connectivity index (χ2n) is 7.55. The normalized spacial score (nSPS) is 18.2. The van der Waals surface area contributed by atoms with Crippen LogP contribution < -0.4 is 5.32 Å². The lowest BCUT2D eigenvalue weighted by Crippen LogP contribution is -2.48. The lowest BCUT2D eigenvalue weighted by atomic mass is 9.82. The minimum Gasteiger partial charge on any atom is -0.370 e. The summed E-state index contributed by atoms with van der Waals surface area (Å²) < 4.78 is 6.25. The Kier molecular flexibility index (Phi) is 5.16. The van der Waals surface area contributed by atoms with Crippen molar-refractivity contribution in [3.05, 3.63) is 45.7 Å². The van der Waals surface area contributed by atoms with Gasteiger partial charge < -0.3 is 15.0 Å². The van der Waals surface area contributed by atoms with E-state index in [1.165, 1.54) is 17.3 Å². The van der Waals surface area contributed by atoms with Gasteiger partial charge in [-0.15, -0.1) is 11.3 Å². The van der Waals surface area contributed by atoms with Crippen LogP contribution in [0.25, 0.3) is 0 Å². The number of rotatable bonds is 3. The number of aromatic nitrogens is 2. The number of hydrogen-bond donors (Lipinski definition) is 1. The van der Waals surface area contributed by atoms with E-state index in [1.54, 1.807) is 17.5 Å². The molecule has 0 saturated carbocycles. The van der Waals surface area contributed by atoms with E-state index in [0.717, 1.165) is 16.9 Å². The van der Waals surface area contributed by atoms with Crippen molar-refractivity contribution in [1.82, 2.24) is 20.2 Å². The number of nitrogens with zero attached hydrogens (tertiary/aromatic N) is 3. The van der Waals surface area contributed by atoms with Crippen LogP contribution in [0.5, 0.6) is 0 Å². The Labute approximate surface area is 168 Å². The predicted octanol–water partition coefficient (Wildman–Crippen LogP) is 2.38. The average Bonchev–Trinajstić information content (AvgIpc) is 3.15. The molecule has 0 unspecified atom stereocenters. The Morgan fingerprint density at radius 3 is 2.75 bits per heavy atom. The van der Waals surface area contributed by atoms with Gasteiger partial charge in [-0.25, -0.2) is 4.98 Å². The van der Waals surface area contributed by atoms with Crippen molar-refractivity contribution in [3.8, 4) is 0 Å². The number of nitrogens with one attached hydrogen (secondary N) is 1. The molecule has 1 spiro atoms. The summed E-state index contributed by atoms with van der Waals surface area (Å²) in [5, 5.41) is 2.96. The van der Waals surface area contributed by atoms with E-state index in [1.807, 2.05) is 24.8 Å². The van der Waals surface area contributed by atoms with E-state index in [2.05, 4.69) is 15.3 Å². The molecule has 2 amide bonds. The number of hydrogen-bond acceptors (Lipinski definition) is 6. The van der Waals surface area contributed by atoms with Crippen molar-refractivity contribution in [2.24, 2.45) is 0 Å². The highest BCUT2D eigenvalue weighted by atomic mass is 32.1. The summed E-state index contributed by atoms with van der Waals surface area (Å²) >= 11 is 1.57. The quantitative estimate of drug-likeness (QED) is 0.855. The first-order valence-corrected chi connectivity index (χ1v) is 10.4. The van der Waals surface area contributed by atoms with Crippen LogP contribution in [-0.4, -0.2) is 52.4 Å². The average molecular weight is 401 g/mol. The van der Waals surface area contributed by atoms with Crippen LogP contribution in [0.15, 0.2) is 24.7 Å². The summed E-state index contributed by atoms with van der Waals surface area (Å²) in [5.74, 6) is -0.124. The van der Waals surface area contributed by atoms with Gasteiger partial charge in [0.15, 0.2) is 0 Å². The van der Waals surface area contributed by atoms with Gasteiger partial charge in [0.05, 0.1) is 23.3 Å². The number of carbonyl (C=O) groups is 2. The maximum Gasteiger partial charge on any atom is 0.274 e. The van der Waals surface area contributed by atoms with Gasteiger partial charge in [-0.1, -0.05) is 0 Å². The van der Waals surface area contributed by atoms with Gasteiger partial charge in [0, 0.05) is 42.8 Å². The van der Waals surface area contributed by atoms with E-state index in [-0.39, 0.29) is 17.9 Å². The van der Waals surface area contributed by atoms with Crippen molar-refractivity contribution in [1.29, 1.82) is 0 Å². The molecule has 0 bridgehead atoms. The molecule has 1 N–H and O–H groups in total. The summed E-state index contributed by atoms with van der Waals surface area (Å²) in [6.07, 6.45) is 6.86. The van der Waals surface area contributed by atoms with Crippen LogP contribution in [0.2, 0.25) is 0 Å². The predicted molar refractivity (Wildman–Crippen MR) is 105 cm³/mol. The highest BCUT2D eigenvalue weighted by Gasteiger charge is 2.43. The zero-order chi connectivity index (χ0) is 19.7. The minimum atomic E-state index is -0.403. The fourth-order valence-electron chi connectivity index (χ4n) is 3.92. The molecule has 1 fully saturated rings. The molecule has 4 heterocycles. The number of likely N-dealkylation sites (tertiary alicyclic amines) is 1. The highest BCUT2D eigenvalue weighted by molar-refractivity contribution is 7.14. The van der Waals surface area contributed by atoms with Crippen LogP contribution in [0.3, 0.4) is 0 Å². The lowest BCUT2D eigenvalue weighted by molar-refractivity contribution is -0.0927. The Morgan fingerprint density at radius 2 is 2.07 bits per heavy atom. The largest absolute Gasteiger partial charge is 0.370 e. The molecule has 0 atom stereocenters. The summed E-state index contributed by atoms with van der Waals surface area (Å²) in [6.45, 7) is 5.76. The van der Waals surface area contributed by atoms with E-state index in [9.17, 15) is 9.59 Å². The summed E-state index contributed by atoms with van der Waals surface area (Å²) in [7, 11) is 0. The molecule has 0 radical (unpaired) electrons. The molecule has 28 heavy (non-hydrogen) atoms. The second kappa shape index (κ2) is 7.60. The van der Waals surface area contributed by atoms with Gasteiger partial charge in [-0.2, -0.15) is 0 Å². The van der Waals surface area contributed by atoms with Crippen LogP contribution in [0, 0.1) is 0 Å². The highest BCUT2D eigenvalue weighted by Crippen LogP contribution is 2.44. The Bertz CT molecular complexity index is 873. The lowest BCUT2D eigenvalue weighted by Gasteiger charge is -2.43. The molecule has 148 valence electrons. The number of fused-ring (bicyclic) bond motifs is 2. The molecule has 2 aromatic rings. The number of amides is 2. The zero-order valence-corrected chi connectivity index (χ0v) is 16.9. The zero-order valence-electron chi connectivity index (χ0n) is 16.1. The third-order valence-corrected chi connectivity index (χ3v) is 6.49. The summed E-state index contributed by atoms with van der Waals surface area (Å²) in [5.41, 5.74) is 1.09. The Morgan fingerprint density at radius 1 is 1.29 bits per heavy atom. The molecular weight excluding hydrogens is 376 g/mol. The molecule has 8 heteroatoms. The molecule has 0 aliphatic carbocycles. The maximum absolute atomic E-state index is 12.6. The topological polar surface area (TPSA) is 84.4 Å². The van der Waals surface area contributed by atoms with Gasteiger partial charge in [0.2, 0.25) is 0 Å². The molecule has 0 aromatic carbocycles. The van der Waals surface area contributed by atoms with E-state index >= 15 is 0 Å². The monoisotopic (exact) mass is 400 g/mol. The fraction of sp³-hybridized carbons (Fsp3) is 0.500. The first-order chi connectivity index (χ1) is 13.5. The van der Waals surface area contributed by atoms with Crippen molar-refractivity contribution < 1.29 is 14.3 Å². The summed E-state index contributed by atoms with van der Waals surface area (Å²) in [4.78, 5) is 37.0. The molecule has 2 aliphatic heterocycles. The minimum absolute atomic E-state index is 0.0279. The molecule has 1 saturated heterocycles. The first kappa shape index (κ1) is 19.0. The van der Waals surface area contributed by atoms with Crippen LogP contribution in [-0.2, 0) is 16.8 Å². The van der Waals surface area contributed by atoms with Gasteiger partial charge in [-0.3, -0.25) is 14.6 Å². The van der Waals surface area contributed by atoms with Crippen molar-refractivity contribution in [3.63, 3.8) is 0 Å². The fourth-order valence-corrected chi connectivity index (χ4v) is 5.05. The van der Waals surface area contributed by atoms with Gasteiger partial charge in [0.25, 0.3) is 11.8 Å². The smallest absolute Gasteiger partial charge is 0.274 e. The van der Waals surface area contributed by atoms with E-state index in [4.69, 9.17) is 4.74 Å². The number of carbonyl (C=O) groups excluding carboxylic acids is 2. The van der Waals surface area contributed by atoms with Gasteiger partial charge >= 0.3 is 0 Å². The molecule has 7 nitrogen and oxygen atoms in total. The Balaban J connectivity index is 1.51. The summed E-state index contributed by atoms with van der Waals surface area (Å²) in [6, 6.07) is 2.10. The number of piperidine rings is 1. The number of ether oxygens (including phenoxy) is 1. The van der Waals surface area contributed by atoms with Crippen LogP contribution in [0.1, 0.15) is 57.3 Å². The van der Waals surface area contributed by atoms with Crippen LogP contribution >= 0.6 is 11.3 Å². The maximum atomic E-state index is 12.6. The van der Waals surface area contributed by atoms with Gasteiger partial charge in [-0.05, 0) is 38.3 Å². The van der Waals surface area contributed by atoms with E-state index < -0.39 is 5.60 Å².